The van der Waals surface area contributed by atoms with Gasteiger partial charge in [-0.2, -0.15) is 0 Å². The largest absolute Gasteiger partial charge is 0.490 e. The van der Waals surface area contributed by atoms with Crippen molar-refractivity contribution in [2.24, 2.45) is 0 Å². The summed E-state index contributed by atoms with van der Waals surface area (Å²) in [5, 5.41) is 0. The van der Waals surface area contributed by atoms with E-state index in [9.17, 15) is 4.79 Å². The minimum atomic E-state index is -0.529. The van der Waals surface area contributed by atoms with Crippen molar-refractivity contribution in [3.8, 4) is 5.75 Å². The van der Waals surface area contributed by atoms with Gasteiger partial charge in [-0.1, -0.05) is 22.0 Å². The summed E-state index contributed by atoms with van der Waals surface area (Å²) in [5.74, 6) is 0.784. The fraction of sp³-hybridized carbons (Fsp3) is 0.588. The molecule has 0 radical (unpaired) electrons. The summed E-state index contributed by atoms with van der Waals surface area (Å²) >= 11 is 3.46. The van der Waals surface area contributed by atoms with Crippen LogP contribution in [0.25, 0.3) is 0 Å². The molecular weight excluding hydrogens is 362 g/mol. The summed E-state index contributed by atoms with van der Waals surface area (Å²) in [7, 11) is 0. The smallest absolute Gasteiger partial charge is 0.411 e. The van der Waals surface area contributed by atoms with Crippen LogP contribution in [0.4, 0.5) is 4.79 Å². The molecule has 0 unspecified atom stereocenters. The van der Waals surface area contributed by atoms with Gasteiger partial charge in [0.25, 0.3) is 0 Å². The van der Waals surface area contributed by atoms with Crippen molar-refractivity contribution in [3.63, 3.8) is 0 Å². The van der Waals surface area contributed by atoms with Gasteiger partial charge in [0.05, 0.1) is 18.7 Å². The number of ether oxygens (including phenoxy) is 3. The standard InChI is InChI=1S/C17H22BrNO4/c1-10-8-21-14-9-22-13-7-11(18)5-6-12(13)15(14)19(10)16(20)23-17(2,3)4/h5-7,10,14-15H,8-9H2,1-4H3/t10-,14-,15+/m1/s1. The minimum absolute atomic E-state index is 0.0549. The second kappa shape index (κ2) is 5.98. The molecule has 3 rings (SSSR count). The average Bonchev–Trinajstić information content (AvgIpc) is 2.44. The molecule has 1 fully saturated rings. The van der Waals surface area contributed by atoms with Crippen molar-refractivity contribution in [2.75, 3.05) is 13.2 Å². The van der Waals surface area contributed by atoms with Gasteiger partial charge in [-0.05, 0) is 39.8 Å². The number of rotatable bonds is 0. The minimum Gasteiger partial charge on any atom is -0.490 e. The highest BCUT2D eigenvalue weighted by atomic mass is 79.9. The fourth-order valence-electron chi connectivity index (χ4n) is 3.03. The van der Waals surface area contributed by atoms with Crippen LogP contribution in [0.3, 0.4) is 0 Å². The van der Waals surface area contributed by atoms with Crippen molar-refractivity contribution in [2.45, 2.75) is 51.5 Å². The molecule has 0 spiro atoms. The zero-order valence-corrected chi connectivity index (χ0v) is 15.4. The third-order valence-electron chi connectivity index (χ3n) is 3.98. The lowest BCUT2D eigenvalue weighted by atomic mass is 9.94. The second-order valence-corrected chi connectivity index (χ2v) is 7.96. The first-order valence-electron chi connectivity index (χ1n) is 7.81. The fourth-order valence-corrected chi connectivity index (χ4v) is 3.37. The zero-order chi connectivity index (χ0) is 16.8. The Balaban J connectivity index is 1.97. The first-order chi connectivity index (χ1) is 10.8. The van der Waals surface area contributed by atoms with Gasteiger partial charge < -0.3 is 14.2 Å². The summed E-state index contributed by atoms with van der Waals surface area (Å²) in [6, 6.07) is 5.62. The number of carbonyl (C=O) groups excluding carboxylic acids is 1. The second-order valence-electron chi connectivity index (χ2n) is 7.05. The zero-order valence-electron chi connectivity index (χ0n) is 13.8. The van der Waals surface area contributed by atoms with Crippen molar-refractivity contribution < 1.29 is 19.0 Å². The van der Waals surface area contributed by atoms with E-state index in [1.165, 1.54) is 0 Å². The molecule has 6 heteroatoms. The van der Waals surface area contributed by atoms with Crippen molar-refractivity contribution in [1.29, 1.82) is 0 Å². The summed E-state index contributed by atoms with van der Waals surface area (Å²) in [6.07, 6.45) is -0.480. The van der Waals surface area contributed by atoms with Gasteiger partial charge in [0.1, 0.15) is 24.1 Å². The average molecular weight is 384 g/mol. The maximum Gasteiger partial charge on any atom is 0.411 e. The lowest BCUT2D eigenvalue weighted by molar-refractivity contribution is -0.120. The van der Waals surface area contributed by atoms with Crippen LogP contribution in [-0.4, -0.2) is 42.0 Å². The van der Waals surface area contributed by atoms with Gasteiger partial charge in [-0.3, -0.25) is 4.90 Å². The van der Waals surface area contributed by atoms with Crippen LogP contribution in [0.15, 0.2) is 22.7 Å². The van der Waals surface area contributed by atoms with Gasteiger partial charge in [0.2, 0.25) is 0 Å². The Morgan fingerprint density at radius 3 is 2.78 bits per heavy atom. The molecule has 0 N–H and O–H groups in total. The lowest BCUT2D eigenvalue weighted by Crippen LogP contribution is -2.56. The van der Waals surface area contributed by atoms with Crippen LogP contribution in [0.5, 0.6) is 5.75 Å². The molecular formula is C17H22BrNO4. The van der Waals surface area contributed by atoms with E-state index in [1.54, 1.807) is 4.90 Å². The quantitative estimate of drug-likeness (QED) is 0.681. The highest BCUT2D eigenvalue weighted by molar-refractivity contribution is 9.10. The predicted molar refractivity (Wildman–Crippen MR) is 89.7 cm³/mol. The van der Waals surface area contributed by atoms with E-state index in [0.717, 1.165) is 15.8 Å². The molecule has 1 aromatic carbocycles. The number of hydrogen-bond donors (Lipinski definition) is 0. The number of benzene rings is 1. The molecule has 0 aliphatic carbocycles. The van der Waals surface area contributed by atoms with Crippen LogP contribution in [-0.2, 0) is 9.47 Å². The summed E-state index contributed by atoms with van der Waals surface area (Å²) in [4.78, 5) is 14.6. The van der Waals surface area contributed by atoms with Crippen LogP contribution in [0.1, 0.15) is 39.3 Å². The molecule has 0 bridgehead atoms. The maximum absolute atomic E-state index is 12.8. The van der Waals surface area contributed by atoms with Gasteiger partial charge in [0, 0.05) is 10.0 Å². The van der Waals surface area contributed by atoms with E-state index in [0.29, 0.717) is 13.2 Å². The molecule has 3 atom stereocenters. The Morgan fingerprint density at radius 2 is 2.09 bits per heavy atom. The van der Waals surface area contributed by atoms with Gasteiger partial charge in [-0.15, -0.1) is 0 Å². The highest BCUT2D eigenvalue weighted by Gasteiger charge is 2.45. The molecule has 1 aromatic rings. The van der Waals surface area contributed by atoms with Crippen LogP contribution in [0.2, 0.25) is 0 Å². The molecule has 0 aromatic heterocycles. The SMILES string of the molecule is C[C@@H]1CO[C@@H]2COc3cc(Br)ccc3[C@@H]2N1C(=O)OC(C)(C)C. The van der Waals surface area contributed by atoms with Crippen molar-refractivity contribution in [3.05, 3.63) is 28.2 Å². The molecule has 23 heavy (non-hydrogen) atoms. The number of nitrogens with zero attached hydrogens (tertiary/aromatic N) is 1. The van der Waals surface area contributed by atoms with E-state index < -0.39 is 5.60 Å². The van der Waals surface area contributed by atoms with E-state index in [4.69, 9.17) is 14.2 Å². The number of morpholine rings is 1. The Hall–Kier alpha value is -1.27. The number of hydrogen-bond acceptors (Lipinski definition) is 4. The van der Waals surface area contributed by atoms with Crippen LogP contribution in [0, 0.1) is 0 Å². The van der Waals surface area contributed by atoms with Gasteiger partial charge in [-0.25, -0.2) is 4.79 Å². The van der Waals surface area contributed by atoms with E-state index in [1.807, 2.05) is 45.9 Å². The normalized spacial score (nSPS) is 26.8. The third kappa shape index (κ3) is 3.33. The molecule has 2 heterocycles. The van der Waals surface area contributed by atoms with Crippen LogP contribution < -0.4 is 4.74 Å². The molecule has 2 aliphatic heterocycles. The number of fused-ring (bicyclic) bond motifs is 3. The molecule has 1 saturated heterocycles. The summed E-state index contributed by atoms with van der Waals surface area (Å²) < 4.78 is 18.3. The number of amides is 1. The Morgan fingerprint density at radius 1 is 1.35 bits per heavy atom. The first-order valence-corrected chi connectivity index (χ1v) is 8.61. The van der Waals surface area contributed by atoms with E-state index >= 15 is 0 Å². The highest BCUT2D eigenvalue weighted by Crippen LogP contribution is 2.42. The Bertz CT molecular complexity index is 613. The van der Waals surface area contributed by atoms with Crippen LogP contribution >= 0.6 is 15.9 Å². The van der Waals surface area contributed by atoms with E-state index in [2.05, 4.69) is 15.9 Å². The molecule has 1 amide bonds. The molecule has 2 aliphatic rings. The predicted octanol–water partition coefficient (Wildman–Crippen LogP) is 3.91. The Labute approximate surface area is 145 Å². The first kappa shape index (κ1) is 16.6. The van der Waals surface area contributed by atoms with E-state index in [-0.39, 0.29) is 24.3 Å². The molecule has 0 saturated carbocycles. The van der Waals surface area contributed by atoms with Crippen molar-refractivity contribution >= 4 is 22.0 Å². The third-order valence-corrected chi connectivity index (χ3v) is 4.47. The lowest BCUT2D eigenvalue weighted by Gasteiger charge is -2.47. The van der Waals surface area contributed by atoms with Crippen molar-refractivity contribution in [1.82, 2.24) is 4.90 Å². The molecule has 126 valence electrons. The summed E-state index contributed by atoms with van der Waals surface area (Å²) in [6.45, 7) is 8.53. The maximum atomic E-state index is 12.8. The van der Waals surface area contributed by atoms with Gasteiger partial charge in [0.15, 0.2) is 0 Å². The van der Waals surface area contributed by atoms with Gasteiger partial charge >= 0.3 is 6.09 Å². The topological polar surface area (TPSA) is 48.0 Å². The Kier molecular flexibility index (Phi) is 4.31. The monoisotopic (exact) mass is 383 g/mol. The number of halogens is 1. The molecule has 5 nitrogen and oxygen atoms in total. The number of carbonyl (C=O) groups is 1. The summed E-state index contributed by atoms with van der Waals surface area (Å²) in [5.41, 5.74) is 0.431.